The predicted octanol–water partition coefficient (Wildman–Crippen LogP) is 0.300. The van der Waals surface area contributed by atoms with Gasteiger partial charge in [-0.3, -0.25) is 4.79 Å². The second-order valence-corrected chi connectivity index (χ2v) is 4.88. The number of carbonyl (C=O) groups is 1. The molecular weight excluding hydrogens is 202 g/mol. The molecule has 1 rings (SSSR count). The third kappa shape index (κ3) is 4.10. The fraction of sp³-hybridized carbons (Fsp3) is 0.917. The highest BCUT2D eigenvalue weighted by Crippen LogP contribution is 2.17. The predicted molar refractivity (Wildman–Crippen MR) is 66.3 cm³/mol. The van der Waals surface area contributed by atoms with E-state index in [0.717, 1.165) is 39.0 Å². The van der Waals surface area contributed by atoms with Gasteiger partial charge in [0.15, 0.2) is 0 Å². The molecule has 0 aromatic carbocycles. The van der Waals surface area contributed by atoms with Gasteiger partial charge < -0.3 is 15.5 Å². The molecule has 0 saturated carbocycles. The molecule has 2 unspecified atom stereocenters. The Morgan fingerprint density at radius 2 is 2.25 bits per heavy atom. The molecule has 0 radical (unpaired) electrons. The Labute approximate surface area is 98.8 Å². The molecule has 2 atom stereocenters. The van der Waals surface area contributed by atoms with Crippen LogP contribution >= 0.6 is 0 Å². The van der Waals surface area contributed by atoms with Crippen LogP contribution in [0.25, 0.3) is 0 Å². The van der Waals surface area contributed by atoms with Gasteiger partial charge in [-0.1, -0.05) is 6.92 Å². The summed E-state index contributed by atoms with van der Waals surface area (Å²) in [5.74, 6) is 1.04. The zero-order valence-corrected chi connectivity index (χ0v) is 10.8. The molecule has 1 heterocycles. The third-order valence-electron chi connectivity index (χ3n) is 3.25. The van der Waals surface area contributed by atoms with Crippen LogP contribution in [0.3, 0.4) is 0 Å². The topological polar surface area (TPSA) is 44.4 Å². The van der Waals surface area contributed by atoms with Crippen molar-refractivity contribution in [1.29, 1.82) is 0 Å². The summed E-state index contributed by atoms with van der Waals surface area (Å²) < 4.78 is 0. The highest BCUT2D eigenvalue weighted by atomic mass is 16.1. The van der Waals surface area contributed by atoms with Gasteiger partial charge in [0.25, 0.3) is 0 Å². The van der Waals surface area contributed by atoms with Crippen LogP contribution in [0.4, 0.5) is 0 Å². The lowest BCUT2D eigenvalue weighted by molar-refractivity contribution is -0.126. The summed E-state index contributed by atoms with van der Waals surface area (Å²) >= 11 is 0. The van der Waals surface area contributed by atoms with Gasteiger partial charge in [-0.25, -0.2) is 0 Å². The van der Waals surface area contributed by atoms with E-state index in [1.165, 1.54) is 0 Å². The van der Waals surface area contributed by atoms with E-state index >= 15 is 0 Å². The van der Waals surface area contributed by atoms with E-state index in [2.05, 4.69) is 22.5 Å². The fourth-order valence-electron chi connectivity index (χ4n) is 2.49. The van der Waals surface area contributed by atoms with E-state index in [9.17, 15) is 4.79 Å². The second kappa shape index (κ2) is 6.86. The molecule has 4 nitrogen and oxygen atoms in total. The molecule has 2 N–H and O–H groups in total. The molecule has 0 aromatic heterocycles. The van der Waals surface area contributed by atoms with E-state index in [-0.39, 0.29) is 11.8 Å². The summed E-state index contributed by atoms with van der Waals surface area (Å²) in [4.78, 5) is 14.0. The van der Waals surface area contributed by atoms with Crippen LogP contribution in [0, 0.1) is 11.8 Å². The molecular formula is C12H25N3O. The Kier molecular flexibility index (Phi) is 5.77. The first kappa shape index (κ1) is 13.5. The summed E-state index contributed by atoms with van der Waals surface area (Å²) in [6, 6.07) is 0. The lowest BCUT2D eigenvalue weighted by Crippen LogP contribution is -2.44. The molecule has 1 amide bonds. The Morgan fingerprint density at radius 1 is 1.50 bits per heavy atom. The van der Waals surface area contributed by atoms with Crippen molar-refractivity contribution in [3.05, 3.63) is 0 Å². The number of hydrogen-bond donors (Lipinski definition) is 2. The normalized spacial score (nSPS) is 24.1. The maximum atomic E-state index is 11.6. The quantitative estimate of drug-likeness (QED) is 0.710. The van der Waals surface area contributed by atoms with Crippen LogP contribution < -0.4 is 10.6 Å². The minimum atomic E-state index is 0.195. The number of carbonyl (C=O) groups excluding carboxylic acids is 1. The zero-order valence-electron chi connectivity index (χ0n) is 10.8. The summed E-state index contributed by atoms with van der Waals surface area (Å²) in [6.07, 6.45) is 2.18. The van der Waals surface area contributed by atoms with Crippen molar-refractivity contribution in [2.24, 2.45) is 11.8 Å². The largest absolute Gasteiger partial charge is 0.359 e. The van der Waals surface area contributed by atoms with Crippen molar-refractivity contribution in [2.75, 3.05) is 40.3 Å². The van der Waals surface area contributed by atoms with Gasteiger partial charge in [-0.05, 0) is 38.9 Å². The Bertz CT molecular complexity index is 220. The van der Waals surface area contributed by atoms with Crippen molar-refractivity contribution < 1.29 is 4.79 Å². The lowest BCUT2D eigenvalue weighted by Gasteiger charge is -2.33. The highest BCUT2D eigenvalue weighted by molar-refractivity contribution is 5.78. The first-order valence-electron chi connectivity index (χ1n) is 6.26. The Morgan fingerprint density at radius 3 is 2.88 bits per heavy atom. The molecule has 0 aromatic rings. The first-order valence-corrected chi connectivity index (χ1v) is 6.26. The molecule has 94 valence electrons. The Hall–Kier alpha value is -0.610. The van der Waals surface area contributed by atoms with E-state index in [4.69, 9.17) is 0 Å². The standard InChI is InChI=1S/C12H25N3O/c1-10(7-13-2)8-15-6-4-5-11(9-15)12(16)14-3/h10-11,13H,4-9H2,1-3H3,(H,14,16). The number of nitrogens with zero attached hydrogens (tertiary/aromatic N) is 1. The molecule has 4 heteroatoms. The maximum absolute atomic E-state index is 11.6. The van der Waals surface area contributed by atoms with Crippen LogP contribution in [-0.2, 0) is 4.79 Å². The van der Waals surface area contributed by atoms with Crippen LogP contribution in [-0.4, -0.2) is 51.1 Å². The van der Waals surface area contributed by atoms with E-state index in [0.29, 0.717) is 5.92 Å². The van der Waals surface area contributed by atoms with Gasteiger partial charge in [0.2, 0.25) is 5.91 Å². The first-order chi connectivity index (χ1) is 7.67. The molecule has 1 aliphatic heterocycles. The van der Waals surface area contributed by atoms with Gasteiger partial charge in [0.05, 0.1) is 5.92 Å². The van der Waals surface area contributed by atoms with Crippen molar-refractivity contribution in [3.8, 4) is 0 Å². The molecule has 1 saturated heterocycles. The number of nitrogens with one attached hydrogen (secondary N) is 2. The van der Waals surface area contributed by atoms with Gasteiger partial charge in [0.1, 0.15) is 0 Å². The minimum Gasteiger partial charge on any atom is -0.359 e. The summed E-state index contributed by atoms with van der Waals surface area (Å²) in [5.41, 5.74) is 0. The van der Waals surface area contributed by atoms with Crippen molar-refractivity contribution in [1.82, 2.24) is 15.5 Å². The summed E-state index contributed by atoms with van der Waals surface area (Å²) in [6.45, 7) is 6.45. The average molecular weight is 227 g/mol. The van der Waals surface area contributed by atoms with E-state index in [1.54, 1.807) is 7.05 Å². The molecule has 0 bridgehead atoms. The molecule has 0 aliphatic carbocycles. The van der Waals surface area contributed by atoms with E-state index < -0.39 is 0 Å². The van der Waals surface area contributed by atoms with Gasteiger partial charge in [0, 0.05) is 20.1 Å². The smallest absolute Gasteiger partial charge is 0.224 e. The molecule has 1 aliphatic rings. The number of piperidine rings is 1. The zero-order chi connectivity index (χ0) is 12.0. The Balaban J connectivity index is 2.35. The van der Waals surface area contributed by atoms with Crippen LogP contribution in [0.2, 0.25) is 0 Å². The second-order valence-electron chi connectivity index (χ2n) is 4.88. The number of rotatable bonds is 5. The highest BCUT2D eigenvalue weighted by Gasteiger charge is 2.25. The average Bonchev–Trinajstić information content (AvgIpc) is 2.28. The molecule has 1 fully saturated rings. The van der Waals surface area contributed by atoms with Crippen LogP contribution in [0.15, 0.2) is 0 Å². The number of amides is 1. The van der Waals surface area contributed by atoms with Crippen molar-refractivity contribution in [2.45, 2.75) is 19.8 Å². The minimum absolute atomic E-state index is 0.195. The third-order valence-corrected chi connectivity index (χ3v) is 3.25. The monoisotopic (exact) mass is 227 g/mol. The number of likely N-dealkylation sites (tertiary alicyclic amines) is 1. The van der Waals surface area contributed by atoms with Gasteiger partial charge in [-0.2, -0.15) is 0 Å². The summed E-state index contributed by atoms with van der Waals surface area (Å²) in [5, 5.41) is 5.95. The van der Waals surface area contributed by atoms with Crippen molar-refractivity contribution in [3.63, 3.8) is 0 Å². The fourth-order valence-corrected chi connectivity index (χ4v) is 2.49. The molecule has 0 spiro atoms. The number of hydrogen-bond acceptors (Lipinski definition) is 3. The van der Waals surface area contributed by atoms with Gasteiger partial charge >= 0.3 is 0 Å². The molecule has 16 heavy (non-hydrogen) atoms. The summed E-state index contributed by atoms with van der Waals surface area (Å²) in [7, 11) is 3.71. The van der Waals surface area contributed by atoms with Crippen LogP contribution in [0.5, 0.6) is 0 Å². The van der Waals surface area contributed by atoms with E-state index in [1.807, 2.05) is 7.05 Å². The van der Waals surface area contributed by atoms with Gasteiger partial charge in [-0.15, -0.1) is 0 Å². The SMILES string of the molecule is CNCC(C)CN1CCCC(C(=O)NC)C1. The maximum Gasteiger partial charge on any atom is 0.224 e. The van der Waals surface area contributed by atoms with Crippen molar-refractivity contribution >= 4 is 5.91 Å². The van der Waals surface area contributed by atoms with Crippen LogP contribution in [0.1, 0.15) is 19.8 Å². The lowest BCUT2D eigenvalue weighted by atomic mass is 9.96.